The van der Waals surface area contributed by atoms with E-state index in [1.165, 1.54) is 11.3 Å². The number of benzene rings is 1. The molecule has 1 aromatic carbocycles. The first-order chi connectivity index (χ1) is 13.2. The standard InChI is InChI=1S/C23H29FN2O3/c1-20(2)16-10-9-14(11-17(16)21(3,4)27-20)19-18(24)12-15(13-25-19)26-28-22(5,6)23(7,8)29-26/h9-13H,1-8H3. The summed E-state index contributed by atoms with van der Waals surface area (Å²) >= 11 is 0. The van der Waals surface area contributed by atoms with Crippen LogP contribution < -0.4 is 5.23 Å². The van der Waals surface area contributed by atoms with Crippen molar-refractivity contribution in [1.29, 1.82) is 0 Å². The van der Waals surface area contributed by atoms with Crippen LogP contribution in [0.5, 0.6) is 0 Å². The van der Waals surface area contributed by atoms with Crippen LogP contribution in [0.25, 0.3) is 11.3 Å². The lowest BCUT2D eigenvalue weighted by Crippen LogP contribution is -2.41. The second-order valence-corrected chi connectivity index (χ2v) is 9.87. The Kier molecular flexibility index (Phi) is 4.19. The highest BCUT2D eigenvalue weighted by molar-refractivity contribution is 5.65. The minimum atomic E-state index is -0.555. The normalized spacial score (nSPS) is 23.3. The maximum absolute atomic E-state index is 15.0. The van der Waals surface area contributed by atoms with Crippen LogP contribution in [0.2, 0.25) is 0 Å². The molecule has 2 aliphatic rings. The quantitative estimate of drug-likeness (QED) is 0.654. The molecule has 0 atom stereocenters. The zero-order valence-electron chi connectivity index (χ0n) is 18.4. The Morgan fingerprint density at radius 3 is 2.00 bits per heavy atom. The van der Waals surface area contributed by atoms with Crippen molar-refractivity contribution in [2.45, 2.75) is 77.8 Å². The van der Waals surface area contributed by atoms with E-state index in [4.69, 9.17) is 14.4 Å². The molecular weight excluding hydrogens is 371 g/mol. The smallest absolute Gasteiger partial charge is 0.151 e. The third-order valence-corrected chi connectivity index (χ3v) is 6.21. The van der Waals surface area contributed by atoms with Crippen LogP contribution >= 0.6 is 0 Å². The molecule has 0 saturated carbocycles. The molecule has 2 aromatic rings. The molecule has 0 radical (unpaired) electrons. The minimum absolute atomic E-state index is 0.287. The molecule has 0 unspecified atom stereocenters. The summed E-state index contributed by atoms with van der Waals surface area (Å²) in [6, 6.07) is 7.26. The fourth-order valence-electron chi connectivity index (χ4n) is 3.96. The Hall–Kier alpha value is -2.02. The second-order valence-electron chi connectivity index (χ2n) is 9.87. The highest BCUT2D eigenvalue weighted by Gasteiger charge is 2.50. The van der Waals surface area contributed by atoms with E-state index in [9.17, 15) is 0 Å². The van der Waals surface area contributed by atoms with Gasteiger partial charge in [0.15, 0.2) is 5.82 Å². The summed E-state index contributed by atoms with van der Waals surface area (Å²) in [5, 5.41) is 1.25. The lowest BCUT2D eigenvalue weighted by Gasteiger charge is -2.26. The number of anilines is 1. The van der Waals surface area contributed by atoms with Gasteiger partial charge in [-0.3, -0.25) is 4.98 Å². The van der Waals surface area contributed by atoms with Gasteiger partial charge in [0.25, 0.3) is 0 Å². The molecule has 1 fully saturated rings. The molecule has 2 aliphatic heterocycles. The van der Waals surface area contributed by atoms with Crippen LogP contribution in [0, 0.1) is 5.82 Å². The summed E-state index contributed by atoms with van der Waals surface area (Å²) in [4.78, 5) is 16.1. The summed E-state index contributed by atoms with van der Waals surface area (Å²) in [6.45, 7) is 15.9. The Morgan fingerprint density at radius 2 is 1.41 bits per heavy atom. The summed E-state index contributed by atoms with van der Waals surface area (Å²) < 4.78 is 21.2. The van der Waals surface area contributed by atoms with Gasteiger partial charge in [0.1, 0.15) is 22.6 Å². The number of hydrogen-bond acceptors (Lipinski definition) is 5. The SMILES string of the molecule is CC1(C)OC(C)(C)c2cc(-c3ncc(N4OC(C)(C)C(C)(C)O4)cc3F)ccc21. The van der Waals surface area contributed by atoms with E-state index in [-0.39, 0.29) is 11.3 Å². The first-order valence-electron chi connectivity index (χ1n) is 9.93. The van der Waals surface area contributed by atoms with Gasteiger partial charge in [-0.2, -0.15) is 0 Å². The number of nitrogens with zero attached hydrogens (tertiary/aromatic N) is 2. The third-order valence-electron chi connectivity index (χ3n) is 6.21. The van der Waals surface area contributed by atoms with Crippen LogP contribution in [0.1, 0.15) is 66.5 Å². The lowest BCUT2D eigenvalue weighted by molar-refractivity contribution is -0.105. The highest BCUT2D eigenvalue weighted by Crippen LogP contribution is 2.48. The molecule has 4 rings (SSSR count). The highest BCUT2D eigenvalue weighted by atomic mass is 19.1. The fourth-order valence-corrected chi connectivity index (χ4v) is 3.96. The van der Waals surface area contributed by atoms with E-state index in [2.05, 4.69) is 4.98 Å². The van der Waals surface area contributed by atoms with Crippen molar-refractivity contribution in [2.75, 3.05) is 5.23 Å². The molecular formula is C23H29FN2O3. The molecule has 29 heavy (non-hydrogen) atoms. The Balaban J connectivity index is 1.69. The molecule has 0 spiro atoms. The zero-order valence-corrected chi connectivity index (χ0v) is 18.4. The van der Waals surface area contributed by atoms with Crippen molar-refractivity contribution in [1.82, 2.24) is 4.98 Å². The van der Waals surface area contributed by atoms with Crippen molar-refractivity contribution in [3.8, 4) is 11.3 Å². The third kappa shape index (κ3) is 3.14. The molecule has 156 valence electrons. The molecule has 5 nitrogen and oxygen atoms in total. The van der Waals surface area contributed by atoms with E-state index in [0.29, 0.717) is 11.3 Å². The summed E-state index contributed by atoms with van der Waals surface area (Å²) in [6.07, 6.45) is 1.56. The first-order valence-corrected chi connectivity index (χ1v) is 9.93. The summed E-state index contributed by atoms with van der Waals surface area (Å²) in [5.41, 5.74) is 1.65. The van der Waals surface area contributed by atoms with Gasteiger partial charge in [-0.15, -0.1) is 5.23 Å². The van der Waals surface area contributed by atoms with Gasteiger partial charge in [-0.05, 0) is 72.6 Å². The van der Waals surface area contributed by atoms with Crippen molar-refractivity contribution in [3.63, 3.8) is 0 Å². The van der Waals surface area contributed by atoms with Gasteiger partial charge >= 0.3 is 0 Å². The van der Waals surface area contributed by atoms with E-state index < -0.39 is 22.6 Å². The number of hydrogen-bond donors (Lipinski definition) is 0. The van der Waals surface area contributed by atoms with Gasteiger partial charge < -0.3 is 4.74 Å². The minimum Gasteiger partial charge on any atom is -0.360 e. The van der Waals surface area contributed by atoms with Gasteiger partial charge in [-0.25, -0.2) is 14.1 Å². The van der Waals surface area contributed by atoms with E-state index in [0.717, 1.165) is 11.1 Å². The van der Waals surface area contributed by atoms with Gasteiger partial charge in [-0.1, -0.05) is 12.1 Å². The van der Waals surface area contributed by atoms with Crippen molar-refractivity contribution < 1.29 is 18.8 Å². The molecule has 0 N–H and O–H groups in total. The topological polar surface area (TPSA) is 43.8 Å². The van der Waals surface area contributed by atoms with Crippen LogP contribution in [0.4, 0.5) is 10.1 Å². The van der Waals surface area contributed by atoms with Gasteiger partial charge in [0, 0.05) is 11.6 Å². The number of fused-ring (bicyclic) bond motifs is 1. The number of pyridine rings is 1. The number of aromatic nitrogens is 1. The molecule has 0 aliphatic carbocycles. The van der Waals surface area contributed by atoms with E-state index in [1.54, 1.807) is 6.20 Å². The van der Waals surface area contributed by atoms with Crippen LogP contribution in [-0.2, 0) is 25.6 Å². The second kappa shape index (κ2) is 6.00. The molecule has 0 amide bonds. The van der Waals surface area contributed by atoms with Gasteiger partial charge in [0.05, 0.1) is 17.4 Å². The average molecular weight is 400 g/mol. The Morgan fingerprint density at radius 1 is 0.828 bits per heavy atom. The van der Waals surface area contributed by atoms with Crippen LogP contribution in [0.15, 0.2) is 30.5 Å². The maximum atomic E-state index is 15.0. The largest absolute Gasteiger partial charge is 0.360 e. The number of ether oxygens (including phenoxy) is 1. The van der Waals surface area contributed by atoms with E-state index in [1.807, 2.05) is 73.6 Å². The predicted octanol–water partition coefficient (Wildman–Crippen LogP) is 5.63. The summed E-state index contributed by atoms with van der Waals surface area (Å²) in [5.74, 6) is -0.437. The molecule has 0 bridgehead atoms. The van der Waals surface area contributed by atoms with Gasteiger partial charge in [0.2, 0.25) is 0 Å². The molecule has 1 aromatic heterocycles. The zero-order chi connectivity index (χ0) is 21.4. The van der Waals surface area contributed by atoms with Crippen LogP contribution in [0.3, 0.4) is 0 Å². The van der Waals surface area contributed by atoms with E-state index >= 15 is 4.39 Å². The maximum Gasteiger partial charge on any atom is 0.151 e. The van der Waals surface area contributed by atoms with Crippen molar-refractivity contribution >= 4 is 5.69 Å². The summed E-state index contributed by atoms with van der Waals surface area (Å²) in [7, 11) is 0. The molecule has 6 heteroatoms. The fraction of sp³-hybridized carbons (Fsp3) is 0.522. The lowest BCUT2D eigenvalue weighted by atomic mass is 9.88. The monoisotopic (exact) mass is 400 g/mol. The Labute approximate surface area is 171 Å². The molecule has 3 heterocycles. The molecule has 1 saturated heterocycles. The van der Waals surface area contributed by atoms with Crippen molar-refractivity contribution in [2.24, 2.45) is 0 Å². The predicted molar refractivity (Wildman–Crippen MR) is 110 cm³/mol. The first kappa shape index (κ1) is 20.3. The number of halogens is 1. The Bertz CT molecular complexity index is 966. The number of rotatable bonds is 2. The van der Waals surface area contributed by atoms with Crippen LogP contribution in [-0.4, -0.2) is 16.2 Å². The average Bonchev–Trinajstić information content (AvgIpc) is 2.92. The van der Waals surface area contributed by atoms with Crippen molar-refractivity contribution in [3.05, 3.63) is 47.4 Å².